The van der Waals surface area contributed by atoms with Crippen LogP contribution in [0.5, 0.6) is 0 Å². The van der Waals surface area contributed by atoms with Gasteiger partial charge in [-0.3, -0.25) is 0 Å². The number of nitrogens with zero attached hydrogens (tertiary/aromatic N) is 3. The van der Waals surface area contributed by atoms with E-state index in [1.165, 1.54) is 11.3 Å². The molecule has 0 bridgehead atoms. The number of hydrogen-bond acceptors (Lipinski definition) is 7. The first kappa shape index (κ1) is 19.8. The second kappa shape index (κ2) is 8.53. The normalized spacial score (nSPS) is 14.7. The third kappa shape index (κ3) is 4.33. The van der Waals surface area contributed by atoms with Gasteiger partial charge >= 0.3 is 0 Å². The molecule has 0 atom stereocenters. The number of benzene rings is 2. The van der Waals surface area contributed by atoms with E-state index in [0.29, 0.717) is 5.95 Å². The largest absolute Gasteiger partial charge is 0.393 e. The van der Waals surface area contributed by atoms with Gasteiger partial charge in [0.1, 0.15) is 0 Å². The fourth-order valence-electron chi connectivity index (χ4n) is 3.85. The molecule has 0 unspecified atom stereocenters. The summed E-state index contributed by atoms with van der Waals surface area (Å²) >= 11 is 1.63. The summed E-state index contributed by atoms with van der Waals surface area (Å²) < 4.78 is 1.04. The van der Waals surface area contributed by atoms with Crippen LogP contribution in [-0.2, 0) is 0 Å². The molecular weight excluding hydrogens is 406 g/mol. The molecule has 0 saturated carbocycles. The Kier molecular flexibility index (Phi) is 5.44. The van der Waals surface area contributed by atoms with E-state index < -0.39 is 0 Å². The van der Waals surface area contributed by atoms with Crippen LogP contribution in [0.1, 0.15) is 18.4 Å². The number of aryl methyl sites for hydroxylation is 1. The van der Waals surface area contributed by atoms with Crippen LogP contribution in [0.15, 0.2) is 60.0 Å². The van der Waals surface area contributed by atoms with Crippen LogP contribution >= 0.6 is 11.3 Å². The van der Waals surface area contributed by atoms with E-state index in [1.54, 1.807) is 11.3 Å². The number of aliphatic hydroxyl groups is 1. The standard InChI is InChI=1S/C24H25N5OS/c1-16-4-2-3-5-20(16)26-23-22-21(12-15-31-22)27-24(28-23)25-17-6-8-18(9-7-17)29-13-10-19(30)11-14-29/h2-9,12,15,19,30H,10-11,13-14H2,1H3,(H2,25,26,27,28). The summed E-state index contributed by atoms with van der Waals surface area (Å²) in [7, 11) is 0. The maximum Gasteiger partial charge on any atom is 0.229 e. The van der Waals surface area contributed by atoms with Crippen molar-refractivity contribution in [2.24, 2.45) is 0 Å². The molecule has 2 aromatic carbocycles. The lowest BCUT2D eigenvalue weighted by atomic mass is 10.1. The molecule has 1 fully saturated rings. The first-order valence-electron chi connectivity index (χ1n) is 10.5. The van der Waals surface area contributed by atoms with Gasteiger partial charge in [0.15, 0.2) is 5.82 Å². The van der Waals surface area contributed by atoms with Gasteiger partial charge in [-0.05, 0) is 67.1 Å². The van der Waals surface area contributed by atoms with Gasteiger partial charge in [0.05, 0.1) is 16.3 Å². The van der Waals surface area contributed by atoms with Crippen LogP contribution in [-0.4, -0.2) is 34.3 Å². The first-order chi connectivity index (χ1) is 15.2. The molecule has 1 saturated heterocycles. The zero-order valence-corrected chi connectivity index (χ0v) is 18.2. The van der Waals surface area contributed by atoms with Crippen LogP contribution in [0, 0.1) is 6.92 Å². The number of aromatic nitrogens is 2. The lowest BCUT2D eigenvalue weighted by molar-refractivity contribution is 0.145. The van der Waals surface area contributed by atoms with Crippen LogP contribution in [0.2, 0.25) is 0 Å². The number of fused-ring (bicyclic) bond motifs is 1. The molecule has 0 spiro atoms. The van der Waals surface area contributed by atoms with Crippen LogP contribution < -0.4 is 15.5 Å². The number of thiophene rings is 1. The minimum atomic E-state index is -0.163. The van der Waals surface area contributed by atoms with Crippen molar-refractivity contribution < 1.29 is 5.11 Å². The number of piperidine rings is 1. The topological polar surface area (TPSA) is 73.3 Å². The average Bonchev–Trinajstić information content (AvgIpc) is 3.25. The number of aliphatic hydroxyl groups excluding tert-OH is 1. The Morgan fingerprint density at radius 2 is 1.74 bits per heavy atom. The molecule has 0 aliphatic carbocycles. The number of hydrogen-bond donors (Lipinski definition) is 3. The van der Waals surface area contributed by atoms with Gasteiger partial charge in [0, 0.05) is 30.2 Å². The molecular formula is C24H25N5OS. The van der Waals surface area contributed by atoms with Gasteiger partial charge in [-0.2, -0.15) is 4.98 Å². The molecule has 1 aliphatic heterocycles. The summed E-state index contributed by atoms with van der Waals surface area (Å²) in [6, 6.07) is 18.5. The summed E-state index contributed by atoms with van der Waals surface area (Å²) in [5, 5.41) is 18.6. The highest BCUT2D eigenvalue weighted by molar-refractivity contribution is 7.17. The second-order valence-electron chi connectivity index (χ2n) is 7.86. The SMILES string of the molecule is Cc1ccccc1Nc1nc(Nc2ccc(N3CCC(O)CC3)cc2)nc2ccsc12. The Morgan fingerprint density at radius 1 is 0.968 bits per heavy atom. The molecule has 5 rings (SSSR count). The van der Waals surface area contributed by atoms with Crippen molar-refractivity contribution in [3.05, 3.63) is 65.5 Å². The molecule has 0 amide bonds. The van der Waals surface area contributed by atoms with E-state index in [0.717, 1.165) is 53.3 Å². The number of nitrogens with one attached hydrogen (secondary N) is 2. The van der Waals surface area contributed by atoms with Crippen molar-refractivity contribution in [3.8, 4) is 0 Å². The van der Waals surface area contributed by atoms with Gasteiger partial charge in [0.25, 0.3) is 0 Å². The zero-order chi connectivity index (χ0) is 21.2. The average molecular weight is 432 g/mol. The predicted octanol–water partition coefficient (Wildman–Crippen LogP) is 5.45. The number of rotatable bonds is 5. The first-order valence-corrected chi connectivity index (χ1v) is 11.4. The van der Waals surface area contributed by atoms with Gasteiger partial charge < -0.3 is 20.6 Å². The molecule has 4 aromatic rings. The van der Waals surface area contributed by atoms with Gasteiger partial charge in [-0.15, -0.1) is 11.3 Å². The second-order valence-corrected chi connectivity index (χ2v) is 8.78. The molecule has 158 valence electrons. The summed E-state index contributed by atoms with van der Waals surface area (Å²) in [4.78, 5) is 11.8. The molecule has 6 nitrogen and oxygen atoms in total. The summed E-state index contributed by atoms with van der Waals surface area (Å²) in [6.45, 7) is 3.86. The van der Waals surface area contributed by atoms with E-state index in [4.69, 9.17) is 4.98 Å². The fraction of sp³-hybridized carbons (Fsp3) is 0.250. The summed E-state index contributed by atoms with van der Waals surface area (Å²) in [6.07, 6.45) is 1.49. The molecule has 31 heavy (non-hydrogen) atoms. The third-order valence-electron chi connectivity index (χ3n) is 5.65. The Hall–Kier alpha value is -3.16. The molecule has 3 N–H and O–H groups in total. The molecule has 1 aliphatic rings. The Balaban J connectivity index is 1.37. The molecule has 3 heterocycles. The predicted molar refractivity (Wildman–Crippen MR) is 129 cm³/mol. The van der Waals surface area contributed by atoms with E-state index in [2.05, 4.69) is 63.8 Å². The Morgan fingerprint density at radius 3 is 2.52 bits per heavy atom. The highest BCUT2D eigenvalue weighted by Gasteiger charge is 2.17. The van der Waals surface area contributed by atoms with E-state index in [9.17, 15) is 5.11 Å². The van der Waals surface area contributed by atoms with Crippen LogP contribution in [0.3, 0.4) is 0 Å². The lowest BCUT2D eigenvalue weighted by Crippen LogP contribution is -2.35. The smallest absolute Gasteiger partial charge is 0.229 e. The van der Waals surface area contributed by atoms with Crippen LogP contribution in [0.25, 0.3) is 10.2 Å². The zero-order valence-electron chi connectivity index (χ0n) is 17.4. The van der Waals surface area contributed by atoms with Gasteiger partial charge in [0.2, 0.25) is 5.95 Å². The maximum absolute atomic E-state index is 9.72. The van der Waals surface area contributed by atoms with Crippen molar-refractivity contribution in [2.75, 3.05) is 28.6 Å². The van der Waals surface area contributed by atoms with Crippen molar-refractivity contribution in [3.63, 3.8) is 0 Å². The van der Waals surface area contributed by atoms with Crippen molar-refractivity contribution in [2.45, 2.75) is 25.9 Å². The maximum atomic E-state index is 9.72. The summed E-state index contributed by atoms with van der Waals surface area (Å²) in [5.74, 6) is 1.37. The molecule has 7 heteroatoms. The molecule has 2 aromatic heterocycles. The lowest BCUT2D eigenvalue weighted by Gasteiger charge is -2.31. The highest BCUT2D eigenvalue weighted by Crippen LogP contribution is 2.31. The fourth-order valence-corrected chi connectivity index (χ4v) is 4.63. The van der Waals surface area contributed by atoms with E-state index >= 15 is 0 Å². The summed E-state index contributed by atoms with van der Waals surface area (Å²) in [5.41, 5.74) is 5.24. The number of para-hydroxylation sites is 1. The van der Waals surface area contributed by atoms with Crippen LogP contribution in [0.4, 0.5) is 28.8 Å². The van der Waals surface area contributed by atoms with E-state index in [-0.39, 0.29) is 6.10 Å². The van der Waals surface area contributed by atoms with Gasteiger partial charge in [-0.1, -0.05) is 18.2 Å². The minimum Gasteiger partial charge on any atom is -0.393 e. The van der Waals surface area contributed by atoms with E-state index in [1.807, 2.05) is 23.6 Å². The van der Waals surface area contributed by atoms with Crippen molar-refractivity contribution in [1.82, 2.24) is 9.97 Å². The quantitative estimate of drug-likeness (QED) is 0.390. The highest BCUT2D eigenvalue weighted by atomic mass is 32.1. The van der Waals surface area contributed by atoms with Crippen molar-refractivity contribution >= 4 is 50.4 Å². The third-order valence-corrected chi connectivity index (χ3v) is 6.57. The monoisotopic (exact) mass is 431 g/mol. The molecule has 0 radical (unpaired) electrons. The van der Waals surface area contributed by atoms with Gasteiger partial charge in [-0.25, -0.2) is 4.98 Å². The van der Waals surface area contributed by atoms with Crippen molar-refractivity contribution in [1.29, 1.82) is 0 Å². The minimum absolute atomic E-state index is 0.163. The Labute approximate surface area is 185 Å². The Bertz CT molecular complexity index is 1180. The number of anilines is 5.